The molecule has 1 rings (SSSR count). The Morgan fingerprint density at radius 1 is 1.85 bits per heavy atom. The van der Waals surface area contributed by atoms with Crippen LogP contribution in [0.25, 0.3) is 0 Å². The van der Waals surface area contributed by atoms with Crippen molar-refractivity contribution in [3.05, 3.63) is 16.6 Å². The molecular weight excluding hydrogens is 186 g/mol. The number of carbonyl (C=O) groups is 1. The standard InChI is InChI=1S/C8H13N3OS/c1-6(9)4-7(12)11-5-8-10-2-3-13-8/h2-3,6H,4-5,9H2,1H3,(H,11,12). The second kappa shape index (κ2) is 4.94. The lowest BCUT2D eigenvalue weighted by Gasteiger charge is -2.04. The molecule has 0 saturated heterocycles. The van der Waals surface area contributed by atoms with Crippen LogP contribution in [-0.2, 0) is 11.3 Å². The van der Waals surface area contributed by atoms with Crippen molar-refractivity contribution in [2.75, 3.05) is 0 Å². The first-order valence-corrected chi connectivity index (χ1v) is 4.97. The number of hydrogen-bond donors (Lipinski definition) is 2. The molecule has 0 spiro atoms. The van der Waals surface area contributed by atoms with Crippen LogP contribution in [-0.4, -0.2) is 16.9 Å². The van der Waals surface area contributed by atoms with Gasteiger partial charge in [0.25, 0.3) is 0 Å². The van der Waals surface area contributed by atoms with Gasteiger partial charge in [-0.15, -0.1) is 11.3 Å². The molecule has 1 unspecified atom stereocenters. The fourth-order valence-corrected chi connectivity index (χ4v) is 1.44. The molecule has 72 valence electrons. The molecule has 4 nitrogen and oxygen atoms in total. The van der Waals surface area contributed by atoms with Gasteiger partial charge < -0.3 is 11.1 Å². The minimum Gasteiger partial charge on any atom is -0.350 e. The molecule has 0 aliphatic rings. The van der Waals surface area contributed by atoms with E-state index >= 15 is 0 Å². The van der Waals surface area contributed by atoms with Crippen LogP contribution in [0.5, 0.6) is 0 Å². The van der Waals surface area contributed by atoms with Gasteiger partial charge in [0.05, 0.1) is 6.54 Å². The van der Waals surface area contributed by atoms with Gasteiger partial charge in [-0.3, -0.25) is 4.79 Å². The predicted octanol–water partition coefficient (Wildman–Crippen LogP) is 0.497. The number of aromatic nitrogens is 1. The molecule has 0 aliphatic carbocycles. The smallest absolute Gasteiger partial charge is 0.221 e. The first-order valence-electron chi connectivity index (χ1n) is 4.09. The van der Waals surface area contributed by atoms with Gasteiger partial charge in [-0.05, 0) is 6.92 Å². The van der Waals surface area contributed by atoms with E-state index in [1.165, 1.54) is 11.3 Å². The average Bonchev–Trinajstić information content (AvgIpc) is 2.51. The van der Waals surface area contributed by atoms with Gasteiger partial charge in [0.2, 0.25) is 5.91 Å². The second-order valence-electron chi connectivity index (χ2n) is 2.88. The van der Waals surface area contributed by atoms with E-state index in [-0.39, 0.29) is 11.9 Å². The lowest BCUT2D eigenvalue weighted by molar-refractivity contribution is -0.121. The third kappa shape index (κ3) is 4.00. The van der Waals surface area contributed by atoms with Crippen LogP contribution in [0, 0.1) is 0 Å². The monoisotopic (exact) mass is 199 g/mol. The Hall–Kier alpha value is -0.940. The third-order valence-electron chi connectivity index (χ3n) is 1.43. The number of thiazole rings is 1. The zero-order valence-corrected chi connectivity index (χ0v) is 8.30. The van der Waals surface area contributed by atoms with Crippen LogP contribution in [0.1, 0.15) is 18.4 Å². The number of carbonyl (C=O) groups excluding carboxylic acids is 1. The Morgan fingerprint density at radius 3 is 3.15 bits per heavy atom. The number of hydrogen-bond acceptors (Lipinski definition) is 4. The number of nitrogens with one attached hydrogen (secondary N) is 1. The first kappa shape index (κ1) is 10.1. The van der Waals surface area contributed by atoms with Gasteiger partial charge in [0.15, 0.2) is 0 Å². The second-order valence-corrected chi connectivity index (χ2v) is 3.86. The molecule has 0 radical (unpaired) electrons. The van der Waals surface area contributed by atoms with E-state index in [4.69, 9.17) is 5.73 Å². The molecule has 1 aromatic rings. The highest BCUT2D eigenvalue weighted by molar-refractivity contribution is 7.09. The van der Waals surface area contributed by atoms with Gasteiger partial charge in [-0.1, -0.05) is 0 Å². The highest BCUT2D eigenvalue weighted by Crippen LogP contribution is 2.02. The van der Waals surface area contributed by atoms with E-state index in [0.717, 1.165) is 5.01 Å². The van der Waals surface area contributed by atoms with Crippen molar-refractivity contribution < 1.29 is 4.79 Å². The average molecular weight is 199 g/mol. The lowest BCUT2D eigenvalue weighted by atomic mass is 10.2. The van der Waals surface area contributed by atoms with Crippen LogP contribution in [0.2, 0.25) is 0 Å². The van der Waals surface area contributed by atoms with Crippen LogP contribution in [0.4, 0.5) is 0 Å². The summed E-state index contributed by atoms with van der Waals surface area (Å²) in [4.78, 5) is 15.2. The molecule has 1 atom stereocenters. The summed E-state index contributed by atoms with van der Waals surface area (Å²) in [5.74, 6) is -0.0230. The minimum atomic E-state index is -0.0868. The maximum absolute atomic E-state index is 11.1. The molecule has 13 heavy (non-hydrogen) atoms. The van der Waals surface area contributed by atoms with Gasteiger partial charge in [0.1, 0.15) is 5.01 Å². The van der Waals surface area contributed by atoms with Crippen molar-refractivity contribution in [3.63, 3.8) is 0 Å². The Kier molecular flexibility index (Phi) is 3.85. The van der Waals surface area contributed by atoms with E-state index in [2.05, 4.69) is 10.3 Å². The first-order chi connectivity index (χ1) is 6.18. The Labute approximate surface area is 81.2 Å². The zero-order chi connectivity index (χ0) is 9.68. The molecular formula is C8H13N3OS. The predicted molar refractivity (Wildman–Crippen MR) is 52.2 cm³/mol. The van der Waals surface area contributed by atoms with Crippen LogP contribution >= 0.6 is 11.3 Å². The highest BCUT2D eigenvalue weighted by Gasteiger charge is 2.04. The van der Waals surface area contributed by atoms with Crippen molar-refractivity contribution >= 4 is 17.2 Å². The molecule has 0 saturated carbocycles. The van der Waals surface area contributed by atoms with Crippen molar-refractivity contribution in [2.24, 2.45) is 5.73 Å². The molecule has 5 heteroatoms. The van der Waals surface area contributed by atoms with Gasteiger partial charge in [-0.2, -0.15) is 0 Å². The maximum Gasteiger partial charge on any atom is 0.221 e. The number of amides is 1. The molecule has 1 heterocycles. The van der Waals surface area contributed by atoms with Gasteiger partial charge in [0, 0.05) is 24.0 Å². The largest absolute Gasteiger partial charge is 0.350 e. The number of rotatable bonds is 4. The quantitative estimate of drug-likeness (QED) is 0.742. The SMILES string of the molecule is CC(N)CC(=O)NCc1nccs1. The molecule has 0 fully saturated rings. The van der Waals surface area contributed by atoms with Crippen LogP contribution < -0.4 is 11.1 Å². The summed E-state index contributed by atoms with van der Waals surface area (Å²) in [6, 6.07) is -0.0868. The fourth-order valence-electron chi connectivity index (χ4n) is 0.879. The van der Waals surface area contributed by atoms with Crippen molar-refractivity contribution in [1.82, 2.24) is 10.3 Å². The van der Waals surface area contributed by atoms with E-state index in [0.29, 0.717) is 13.0 Å². The summed E-state index contributed by atoms with van der Waals surface area (Å²) >= 11 is 1.53. The molecule has 0 aromatic carbocycles. The summed E-state index contributed by atoms with van der Waals surface area (Å²) in [7, 11) is 0. The Bertz CT molecular complexity index is 258. The van der Waals surface area contributed by atoms with Crippen LogP contribution in [0.3, 0.4) is 0 Å². The summed E-state index contributed by atoms with van der Waals surface area (Å²) < 4.78 is 0. The molecule has 0 bridgehead atoms. The summed E-state index contributed by atoms with van der Waals surface area (Å²) in [5.41, 5.74) is 5.47. The van der Waals surface area contributed by atoms with Crippen molar-refractivity contribution in [3.8, 4) is 0 Å². The molecule has 1 amide bonds. The van der Waals surface area contributed by atoms with E-state index in [1.807, 2.05) is 12.3 Å². The summed E-state index contributed by atoms with van der Waals surface area (Å²) in [5, 5.41) is 5.54. The fraction of sp³-hybridized carbons (Fsp3) is 0.500. The van der Waals surface area contributed by atoms with E-state index in [1.54, 1.807) is 6.20 Å². The Balaban J connectivity index is 2.23. The minimum absolute atomic E-state index is 0.0230. The van der Waals surface area contributed by atoms with E-state index < -0.39 is 0 Å². The normalized spacial score (nSPS) is 12.5. The zero-order valence-electron chi connectivity index (χ0n) is 7.49. The summed E-state index contributed by atoms with van der Waals surface area (Å²) in [6.45, 7) is 2.31. The topological polar surface area (TPSA) is 68.0 Å². The van der Waals surface area contributed by atoms with Gasteiger partial charge in [-0.25, -0.2) is 4.98 Å². The van der Waals surface area contributed by atoms with E-state index in [9.17, 15) is 4.79 Å². The van der Waals surface area contributed by atoms with Gasteiger partial charge >= 0.3 is 0 Å². The Morgan fingerprint density at radius 2 is 2.62 bits per heavy atom. The maximum atomic E-state index is 11.1. The lowest BCUT2D eigenvalue weighted by Crippen LogP contribution is -2.29. The van der Waals surface area contributed by atoms with Crippen LogP contribution in [0.15, 0.2) is 11.6 Å². The summed E-state index contributed by atoms with van der Waals surface area (Å²) in [6.07, 6.45) is 2.09. The number of nitrogens with two attached hydrogens (primary N) is 1. The van der Waals surface area contributed by atoms with Crippen molar-refractivity contribution in [2.45, 2.75) is 25.9 Å². The number of nitrogens with zero attached hydrogens (tertiary/aromatic N) is 1. The van der Waals surface area contributed by atoms with Crippen molar-refractivity contribution in [1.29, 1.82) is 0 Å². The molecule has 1 aromatic heterocycles. The highest BCUT2D eigenvalue weighted by atomic mass is 32.1. The molecule has 3 N–H and O–H groups in total. The third-order valence-corrected chi connectivity index (χ3v) is 2.21. The molecule has 0 aliphatic heterocycles.